The van der Waals surface area contributed by atoms with E-state index in [-0.39, 0.29) is 12.1 Å². The largest absolute Gasteiger partial charge is 0.487 e. The minimum atomic E-state index is -0.159. The fourth-order valence-corrected chi connectivity index (χ4v) is 3.46. The highest BCUT2D eigenvalue weighted by molar-refractivity contribution is 5.85. The molecule has 140 valence electrons. The highest BCUT2D eigenvalue weighted by Gasteiger charge is 2.25. The van der Waals surface area contributed by atoms with Gasteiger partial charge in [-0.3, -0.25) is 14.7 Å². The molecule has 0 saturated carbocycles. The first kappa shape index (κ1) is 18.6. The predicted octanol–water partition coefficient (Wildman–Crippen LogP) is 3.59. The molecule has 1 fully saturated rings. The van der Waals surface area contributed by atoms with E-state index in [9.17, 15) is 4.79 Å². The van der Waals surface area contributed by atoms with Crippen molar-refractivity contribution in [3.8, 4) is 5.75 Å². The van der Waals surface area contributed by atoms with Gasteiger partial charge in [-0.25, -0.2) is 0 Å². The number of hydrogen-bond donors (Lipinski definition) is 0. The van der Waals surface area contributed by atoms with E-state index in [1.54, 1.807) is 0 Å². The third-order valence-electron chi connectivity index (χ3n) is 4.93. The van der Waals surface area contributed by atoms with Crippen molar-refractivity contribution in [1.29, 1.82) is 0 Å². The monoisotopic (exact) mass is 356 g/mol. The summed E-state index contributed by atoms with van der Waals surface area (Å²) in [6.45, 7) is 4.72. The number of aromatic nitrogens is 1. The van der Waals surface area contributed by atoms with Crippen LogP contribution in [-0.2, 0) is 16.0 Å². The van der Waals surface area contributed by atoms with Crippen LogP contribution in [0.15, 0.2) is 30.5 Å². The molecule has 0 N–H and O–H groups in total. The van der Waals surface area contributed by atoms with E-state index in [0.717, 1.165) is 49.1 Å². The summed E-state index contributed by atoms with van der Waals surface area (Å²) in [5.41, 5.74) is 2.24. The summed E-state index contributed by atoms with van der Waals surface area (Å²) in [4.78, 5) is 18.1. The number of methoxy groups -OCH3 is 1. The molecule has 26 heavy (non-hydrogen) atoms. The molecule has 1 aliphatic rings. The molecule has 1 aromatic heterocycles. The van der Waals surface area contributed by atoms with E-state index in [1.165, 1.54) is 25.5 Å². The number of unbranched alkanes of at least 4 members (excludes halogenated alkanes) is 1. The maximum Gasteiger partial charge on any atom is 0.306 e. The summed E-state index contributed by atoms with van der Waals surface area (Å²) >= 11 is 0. The van der Waals surface area contributed by atoms with Gasteiger partial charge in [-0.15, -0.1) is 0 Å². The van der Waals surface area contributed by atoms with Crippen LogP contribution >= 0.6 is 0 Å². The summed E-state index contributed by atoms with van der Waals surface area (Å²) in [6.07, 6.45) is 6.77. The number of aryl methyl sites for hydroxylation is 1. The molecular weight excluding hydrogens is 328 g/mol. The van der Waals surface area contributed by atoms with E-state index in [4.69, 9.17) is 9.47 Å². The molecule has 0 unspecified atom stereocenters. The molecule has 3 rings (SSSR count). The minimum Gasteiger partial charge on any atom is -0.487 e. The third-order valence-corrected chi connectivity index (χ3v) is 4.93. The maximum atomic E-state index is 11.3. The van der Waals surface area contributed by atoms with Gasteiger partial charge in [-0.05, 0) is 43.0 Å². The molecule has 1 atom stereocenters. The lowest BCUT2D eigenvalue weighted by atomic mass is 10.0. The number of carbonyl (C=O) groups is 1. The van der Waals surface area contributed by atoms with Crippen molar-refractivity contribution >= 4 is 16.9 Å². The Morgan fingerprint density at radius 3 is 3.08 bits per heavy atom. The van der Waals surface area contributed by atoms with Gasteiger partial charge in [-0.1, -0.05) is 19.4 Å². The quantitative estimate of drug-likeness (QED) is 0.677. The van der Waals surface area contributed by atoms with Gasteiger partial charge in [0.2, 0.25) is 0 Å². The fraction of sp³-hybridized carbons (Fsp3) is 0.524. The summed E-state index contributed by atoms with van der Waals surface area (Å²) in [5, 5.41) is 1.14. The van der Waals surface area contributed by atoms with Gasteiger partial charge in [0.15, 0.2) is 0 Å². The van der Waals surface area contributed by atoms with Gasteiger partial charge in [0.05, 0.1) is 13.5 Å². The highest BCUT2D eigenvalue weighted by Crippen LogP contribution is 2.29. The number of pyridine rings is 1. The second kappa shape index (κ2) is 8.99. The Hall–Kier alpha value is -2.14. The van der Waals surface area contributed by atoms with E-state index in [1.807, 2.05) is 12.3 Å². The molecule has 0 aliphatic carbocycles. The average Bonchev–Trinajstić information content (AvgIpc) is 3.11. The zero-order chi connectivity index (χ0) is 18.4. The predicted molar refractivity (Wildman–Crippen MR) is 102 cm³/mol. The first-order valence-electron chi connectivity index (χ1n) is 9.53. The standard InChI is InChI=1S/C21H28N2O3/c1-3-4-6-16-13-17-7-5-10-22-21(17)19(14-16)26-18-8-11-23(15-18)12-9-20(24)25-2/h5,7,10,13-14,18H,3-4,6,8-9,11-12,15H2,1-2H3/t18-/m0/s1. The minimum absolute atomic E-state index is 0.138. The van der Waals surface area contributed by atoms with Gasteiger partial charge in [0, 0.05) is 31.2 Å². The van der Waals surface area contributed by atoms with E-state index < -0.39 is 0 Å². The fourth-order valence-electron chi connectivity index (χ4n) is 3.46. The van der Waals surface area contributed by atoms with Crippen molar-refractivity contribution in [2.45, 2.75) is 45.1 Å². The molecule has 1 aromatic carbocycles. The Morgan fingerprint density at radius 1 is 1.38 bits per heavy atom. The Balaban J connectivity index is 1.69. The smallest absolute Gasteiger partial charge is 0.306 e. The summed E-state index contributed by atoms with van der Waals surface area (Å²) in [6, 6.07) is 8.45. The van der Waals surface area contributed by atoms with Crippen LogP contribution in [0.25, 0.3) is 10.9 Å². The van der Waals surface area contributed by atoms with Crippen LogP contribution in [0.2, 0.25) is 0 Å². The lowest BCUT2D eigenvalue weighted by molar-refractivity contribution is -0.140. The van der Waals surface area contributed by atoms with Gasteiger partial charge in [-0.2, -0.15) is 0 Å². The molecule has 0 bridgehead atoms. The lowest BCUT2D eigenvalue weighted by Gasteiger charge is -2.18. The van der Waals surface area contributed by atoms with Crippen molar-refractivity contribution in [3.63, 3.8) is 0 Å². The first-order valence-corrected chi connectivity index (χ1v) is 9.53. The van der Waals surface area contributed by atoms with Crippen LogP contribution in [0.5, 0.6) is 5.75 Å². The summed E-state index contributed by atoms with van der Waals surface area (Å²) < 4.78 is 11.1. The molecule has 1 aliphatic heterocycles. The normalized spacial score (nSPS) is 17.5. The van der Waals surface area contributed by atoms with Crippen LogP contribution in [0, 0.1) is 0 Å². The van der Waals surface area contributed by atoms with Gasteiger partial charge < -0.3 is 9.47 Å². The van der Waals surface area contributed by atoms with Gasteiger partial charge in [0.25, 0.3) is 0 Å². The van der Waals surface area contributed by atoms with Crippen LogP contribution in [0.1, 0.15) is 38.2 Å². The Kier molecular flexibility index (Phi) is 6.45. The number of ether oxygens (including phenoxy) is 2. The van der Waals surface area contributed by atoms with Crippen molar-refractivity contribution in [2.75, 3.05) is 26.7 Å². The number of rotatable bonds is 8. The molecule has 2 heterocycles. The summed E-state index contributed by atoms with van der Waals surface area (Å²) in [5.74, 6) is 0.724. The number of fused-ring (bicyclic) bond motifs is 1. The molecule has 0 spiro atoms. The molecule has 0 amide bonds. The van der Waals surface area contributed by atoms with E-state index in [0.29, 0.717) is 6.42 Å². The first-order chi connectivity index (χ1) is 12.7. The van der Waals surface area contributed by atoms with Crippen molar-refractivity contribution in [1.82, 2.24) is 9.88 Å². The van der Waals surface area contributed by atoms with Crippen LogP contribution in [0.4, 0.5) is 0 Å². The SMILES string of the molecule is CCCCc1cc(O[C@H]2CCN(CCC(=O)OC)C2)c2ncccc2c1. The van der Waals surface area contributed by atoms with Crippen molar-refractivity contribution in [3.05, 3.63) is 36.0 Å². The Labute approximate surface area is 155 Å². The van der Waals surface area contributed by atoms with E-state index >= 15 is 0 Å². The second-order valence-electron chi connectivity index (χ2n) is 6.93. The maximum absolute atomic E-state index is 11.3. The zero-order valence-electron chi connectivity index (χ0n) is 15.7. The van der Waals surface area contributed by atoms with Crippen LogP contribution in [0.3, 0.4) is 0 Å². The number of esters is 1. The second-order valence-corrected chi connectivity index (χ2v) is 6.93. The highest BCUT2D eigenvalue weighted by atomic mass is 16.5. The number of benzene rings is 1. The number of carbonyl (C=O) groups excluding carboxylic acids is 1. The molecule has 5 heteroatoms. The van der Waals surface area contributed by atoms with Crippen LogP contribution < -0.4 is 4.74 Å². The molecule has 2 aromatic rings. The van der Waals surface area contributed by atoms with Gasteiger partial charge in [0.1, 0.15) is 17.4 Å². The topological polar surface area (TPSA) is 51.7 Å². The number of hydrogen-bond acceptors (Lipinski definition) is 5. The molecule has 1 saturated heterocycles. The molecular formula is C21H28N2O3. The van der Waals surface area contributed by atoms with Crippen molar-refractivity contribution < 1.29 is 14.3 Å². The van der Waals surface area contributed by atoms with E-state index in [2.05, 4.69) is 35.0 Å². The Morgan fingerprint density at radius 2 is 2.27 bits per heavy atom. The Bertz CT molecular complexity index is 747. The van der Waals surface area contributed by atoms with Crippen LogP contribution in [-0.4, -0.2) is 48.7 Å². The lowest BCUT2D eigenvalue weighted by Crippen LogP contribution is -2.27. The van der Waals surface area contributed by atoms with Crippen molar-refractivity contribution in [2.24, 2.45) is 0 Å². The summed E-state index contributed by atoms with van der Waals surface area (Å²) in [7, 11) is 1.43. The zero-order valence-corrected chi connectivity index (χ0v) is 15.7. The third kappa shape index (κ3) is 4.73. The average molecular weight is 356 g/mol. The molecule has 0 radical (unpaired) electrons. The molecule has 5 nitrogen and oxygen atoms in total. The number of nitrogens with zero attached hydrogens (tertiary/aromatic N) is 2. The van der Waals surface area contributed by atoms with Gasteiger partial charge >= 0.3 is 5.97 Å². The number of likely N-dealkylation sites (tertiary alicyclic amines) is 1.